The fourth-order valence-corrected chi connectivity index (χ4v) is 3.42. The van der Waals surface area contributed by atoms with Gasteiger partial charge in [-0.2, -0.15) is 0 Å². The summed E-state index contributed by atoms with van der Waals surface area (Å²) in [6, 6.07) is 3.15. The molecular formula is C13H13Br2NO4. The number of carbonyl (C=O) groups excluding carboxylic acids is 1. The van der Waals surface area contributed by atoms with E-state index in [0.717, 1.165) is 0 Å². The summed E-state index contributed by atoms with van der Waals surface area (Å²) in [6.07, 6.45) is 0.695. The van der Waals surface area contributed by atoms with Crippen LogP contribution in [0, 0.1) is 5.92 Å². The lowest BCUT2D eigenvalue weighted by Gasteiger charge is -2.14. The van der Waals surface area contributed by atoms with Crippen LogP contribution in [-0.4, -0.2) is 29.7 Å². The van der Waals surface area contributed by atoms with Crippen molar-refractivity contribution in [2.24, 2.45) is 5.92 Å². The Kier molecular flexibility index (Phi) is 4.82. The Balaban J connectivity index is 2.24. The SMILES string of the molecule is CC1CC(C(=O)Nc2c(Br)cc(Br)cc2C(=O)O)CO1. The van der Waals surface area contributed by atoms with Crippen molar-refractivity contribution in [1.82, 2.24) is 0 Å². The van der Waals surface area contributed by atoms with Crippen molar-refractivity contribution in [3.05, 3.63) is 26.6 Å². The Labute approximate surface area is 132 Å². The van der Waals surface area contributed by atoms with E-state index in [2.05, 4.69) is 37.2 Å². The number of amides is 1. The number of hydrogen-bond donors (Lipinski definition) is 2. The van der Waals surface area contributed by atoms with Crippen molar-refractivity contribution in [3.63, 3.8) is 0 Å². The van der Waals surface area contributed by atoms with Gasteiger partial charge in [-0.05, 0) is 41.4 Å². The van der Waals surface area contributed by atoms with Crippen molar-refractivity contribution in [2.75, 3.05) is 11.9 Å². The number of halogens is 2. The monoisotopic (exact) mass is 405 g/mol. The molecule has 2 rings (SSSR count). The summed E-state index contributed by atoms with van der Waals surface area (Å²) < 4.78 is 6.50. The fourth-order valence-electron chi connectivity index (χ4n) is 2.09. The molecule has 1 fully saturated rings. The van der Waals surface area contributed by atoms with E-state index in [1.54, 1.807) is 6.07 Å². The summed E-state index contributed by atoms with van der Waals surface area (Å²) in [4.78, 5) is 23.4. The van der Waals surface area contributed by atoms with Gasteiger partial charge in [-0.25, -0.2) is 4.79 Å². The molecule has 0 radical (unpaired) electrons. The van der Waals surface area contributed by atoms with Gasteiger partial charge >= 0.3 is 5.97 Å². The maximum Gasteiger partial charge on any atom is 0.337 e. The number of ether oxygens (including phenoxy) is 1. The number of aromatic carboxylic acids is 1. The highest BCUT2D eigenvalue weighted by atomic mass is 79.9. The van der Waals surface area contributed by atoms with E-state index >= 15 is 0 Å². The molecule has 0 aliphatic carbocycles. The molecule has 1 heterocycles. The Morgan fingerprint density at radius 3 is 2.65 bits per heavy atom. The van der Waals surface area contributed by atoms with E-state index in [9.17, 15) is 14.7 Å². The standard InChI is InChI=1S/C13H13Br2NO4/c1-6-2-7(5-20-6)12(17)16-11-9(13(18)19)3-8(14)4-10(11)15/h3-4,6-7H,2,5H2,1H3,(H,16,17)(H,18,19). The minimum Gasteiger partial charge on any atom is -0.478 e. The molecule has 5 nitrogen and oxygen atoms in total. The molecule has 20 heavy (non-hydrogen) atoms. The molecule has 1 aliphatic rings. The van der Waals surface area contributed by atoms with Crippen LogP contribution in [0.2, 0.25) is 0 Å². The molecule has 108 valence electrons. The van der Waals surface area contributed by atoms with E-state index in [1.807, 2.05) is 6.92 Å². The molecule has 2 unspecified atom stereocenters. The average molecular weight is 407 g/mol. The van der Waals surface area contributed by atoms with Gasteiger partial charge in [0.1, 0.15) is 0 Å². The second kappa shape index (κ2) is 6.24. The van der Waals surface area contributed by atoms with Gasteiger partial charge in [-0.3, -0.25) is 4.79 Å². The lowest BCUT2D eigenvalue weighted by atomic mass is 10.0. The highest BCUT2D eigenvalue weighted by Gasteiger charge is 2.29. The number of carboxylic acids is 1. The summed E-state index contributed by atoms with van der Waals surface area (Å²) in [5, 5.41) is 11.9. The zero-order valence-electron chi connectivity index (χ0n) is 10.7. The molecule has 0 spiro atoms. The van der Waals surface area contributed by atoms with Gasteiger partial charge < -0.3 is 15.2 Å². The number of rotatable bonds is 3. The largest absolute Gasteiger partial charge is 0.478 e. The minimum atomic E-state index is -1.10. The first-order valence-electron chi connectivity index (χ1n) is 6.03. The number of carboxylic acid groups (broad SMARTS) is 1. The van der Waals surface area contributed by atoms with Crippen LogP contribution in [0.15, 0.2) is 21.1 Å². The first-order valence-corrected chi connectivity index (χ1v) is 7.62. The van der Waals surface area contributed by atoms with Gasteiger partial charge in [0.2, 0.25) is 5.91 Å². The van der Waals surface area contributed by atoms with E-state index in [-0.39, 0.29) is 29.2 Å². The summed E-state index contributed by atoms with van der Waals surface area (Å²) in [5.41, 5.74) is 0.303. The highest BCUT2D eigenvalue weighted by molar-refractivity contribution is 9.11. The van der Waals surface area contributed by atoms with Crippen molar-refractivity contribution in [3.8, 4) is 0 Å². The Morgan fingerprint density at radius 1 is 1.40 bits per heavy atom. The van der Waals surface area contributed by atoms with Crippen molar-refractivity contribution < 1.29 is 19.4 Å². The van der Waals surface area contributed by atoms with Crippen LogP contribution in [0.4, 0.5) is 5.69 Å². The molecule has 1 aromatic carbocycles. The maximum atomic E-state index is 12.2. The van der Waals surface area contributed by atoms with E-state index in [4.69, 9.17) is 4.74 Å². The second-order valence-electron chi connectivity index (χ2n) is 4.68. The topological polar surface area (TPSA) is 75.6 Å². The Morgan fingerprint density at radius 2 is 2.10 bits per heavy atom. The molecule has 1 aliphatic heterocycles. The minimum absolute atomic E-state index is 0.0339. The van der Waals surface area contributed by atoms with E-state index < -0.39 is 5.97 Å². The normalized spacial score (nSPS) is 21.8. The molecule has 0 aromatic heterocycles. The van der Waals surface area contributed by atoms with Crippen molar-refractivity contribution in [2.45, 2.75) is 19.4 Å². The van der Waals surface area contributed by atoms with Gasteiger partial charge in [-0.1, -0.05) is 15.9 Å². The molecule has 2 atom stereocenters. The lowest BCUT2D eigenvalue weighted by Crippen LogP contribution is -2.24. The molecule has 1 saturated heterocycles. The highest BCUT2D eigenvalue weighted by Crippen LogP contribution is 2.32. The first kappa shape index (κ1) is 15.5. The van der Waals surface area contributed by atoms with Gasteiger partial charge in [-0.15, -0.1) is 0 Å². The lowest BCUT2D eigenvalue weighted by molar-refractivity contribution is -0.119. The molecule has 1 amide bonds. The number of anilines is 1. The van der Waals surface area contributed by atoms with Crippen LogP contribution in [0.25, 0.3) is 0 Å². The predicted octanol–water partition coefficient (Wildman–Crippen LogP) is 3.27. The molecule has 0 saturated carbocycles. The first-order chi connectivity index (χ1) is 9.38. The number of carbonyl (C=O) groups is 2. The summed E-state index contributed by atoms with van der Waals surface area (Å²) in [5.74, 6) is -1.57. The van der Waals surface area contributed by atoms with Crippen LogP contribution in [0.3, 0.4) is 0 Å². The summed E-state index contributed by atoms with van der Waals surface area (Å²) >= 11 is 6.51. The van der Waals surface area contributed by atoms with Crippen LogP contribution in [-0.2, 0) is 9.53 Å². The van der Waals surface area contributed by atoms with Crippen molar-refractivity contribution >= 4 is 49.4 Å². The summed E-state index contributed by atoms with van der Waals surface area (Å²) in [7, 11) is 0. The molecule has 1 aromatic rings. The predicted molar refractivity (Wildman–Crippen MR) is 81.0 cm³/mol. The van der Waals surface area contributed by atoms with Gasteiger partial charge in [0.15, 0.2) is 0 Å². The summed E-state index contributed by atoms with van der Waals surface area (Å²) in [6.45, 7) is 2.27. The van der Waals surface area contributed by atoms with Crippen molar-refractivity contribution in [1.29, 1.82) is 0 Å². The maximum absolute atomic E-state index is 12.2. The number of nitrogens with one attached hydrogen (secondary N) is 1. The number of hydrogen-bond acceptors (Lipinski definition) is 3. The van der Waals surface area contributed by atoms with E-state index in [0.29, 0.717) is 22.0 Å². The average Bonchev–Trinajstić information content (AvgIpc) is 2.78. The fraction of sp³-hybridized carbons (Fsp3) is 0.385. The zero-order valence-corrected chi connectivity index (χ0v) is 13.8. The molecule has 2 N–H and O–H groups in total. The van der Waals surface area contributed by atoms with Crippen LogP contribution < -0.4 is 5.32 Å². The van der Waals surface area contributed by atoms with Gasteiger partial charge in [0.25, 0.3) is 0 Å². The second-order valence-corrected chi connectivity index (χ2v) is 6.45. The van der Waals surface area contributed by atoms with Gasteiger partial charge in [0, 0.05) is 8.95 Å². The molecule has 7 heteroatoms. The van der Waals surface area contributed by atoms with Crippen LogP contribution >= 0.6 is 31.9 Å². The third-order valence-electron chi connectivity index (χ3n) is 3.10. The van der Waals surface area contributed by atoms with Crippen LogP contribution in [0.5, 0.6) is 0 Å². The quantitative estimate of drug-likeness (QED) is 0.807. The van der Waals surface area contributed by atoms with Gasteiger partial charge in [0.05, 0.1) is 29.9 Å². The van der Waals surface area contributed by atoms with E-state index in [1.165, 1.54) is 6.07 Å². The molecule has 0 bridgehead atoms. The third-order valence-corrected chi connectivity index (χ3v) is 4.19. The number of benzene rings is 1. The molecular weight excluding hydrogens is 394 g/mol. The Hall–Kier alpha value is -0.920. The zero-order chi connectivity index (χ0) is 14.9. The third kappa shape index (κ3) is 3.39. The van der Waals surface area contributed by atoms with Crippen LogP contribution in [0.1, 0.15) is 23.7 Å². The smallest absolute Gasteiger partial charge is 0.337 e. The Bertz CT molecular complexity index is 562.